The van der Waals surface area contributed by atoms with E-state index in [1.807, 2.05) is 36.4 Å². The summed E-state index contributed by atoms with van der Waals surface area (Å²) in [5.41, 5.74) is 2.20. The Morgan fingerprint density at radius 2 is 1.82 bits per heavy atom. The van der Waals surface area contributed by atoms with Crippen molar-refractivity contribution in [2.24, 2.45) is 0 Å². The molecule has 2 aromatic heterocycles. The number of hydrogen-bond acceptors (Lipinski definition) is 3. The van der Waals surface area contributed by atoms with Crippen molar-refractivity contribution in [2.45, 2.75) is 0 Å². The van der Waals surface area contributed by atoms with E-state index in [-0.39, 0.29) is 5.56 Å². The molecule has 0 atom stereocenters. The molecular formula is C13H9N3O. The van der Waals surface area contributed by atoms with Crippen LogP contribution in [-0.4, -0.2) is 15.0 Å². The van der Waals surface area contributed by atoms with Crippen LogP contribution in [0, 0.1) is 0 Å². The number of aromatic nitrogens is 3. The van der Waals surface area contributed by atoms with E-state index in [9.17, 15) is 4.79 Å². The van der Waals surface area contributed by atoms with Gasteiger partial charge >= 0.3 is 0 Å². The topological polar surface area (TPSA) is 58.6 Å². The minimum absolute atomic E-state index is 0.220. The van der Waals surface area contributed by atoms with E-state index in [0.29, 0.717) is 16.9 Å². The fraction of sp³-hybridized carbons (Fsp3) is 0. The van der Waals surface area contributed by atoms with Gasteiger partial charge in [-0.05, 0) is 12.1 Å². The zero-order valence-electron chi connectivity index (χ0n) is 8.92. The molecule has 1 aromatic carbocycles. The molecule has 82 valence electrons. The highest BCUT2D eigenvalue weighted by Crippen LogP contribution is 2.13. The van der Waals surface area contributed by atoms with Crippen LogP contribution in [0.5, 0.6) is 0 Å². The number of nitrogens with zero attached hydrogens (tertiary/aromatic N) is 2. The Labute approximate surface area is 97.0 Å². The van der Waals surface area contributed by atoms with Crippen molar-refractivity contribution in [3.8, 4) is 11.3 Å². The smallest absolute Gasteiger partial charge is 0.276 e. The van der Waals surface area contributed by atoms with Crippen LogP contribution in [0.2, 0.25) is 0 Å². The number of H-pyrrole nitrogens is 1. The zero-order chi connectivity index (χ0) is 11.7. The quantitative estimate of drug-likeness (QED) is 0.686. The third kappa shape index (κ3) is 1.69. The molecule has 3 aromatic rings. The lowest BCUT2D eigenvalue weighted by Gasteiger charge is -2.01. The van der Waals surface area contributed by atoms with Crippen LogP contribution in [0.15, 0.2) is 53.5 Å². The average Bonchev–Trinajstić information content (AvgIpc) is 2.39. The van der Waals surface area contributed by atoms with Gasteiger partial charge in [-0.25, -0.2) is 9.97 Å². The molecule has 0 aliphatic rings. The van der Waals surface area contributed by atoms with Gasteiger partial charge in [0.1, 0.15) is 11.2 Å². The van der Waals surface area contributed by atoms with Crippen molar-refractivity contribution in [3.05, 3.63) is 59.0 Å². The van der Waals surface area contributed by atoms with E-state index >= 15 is 0 Å². The van der Waals surface area contributed by atoms with Crippen LogP contribution in [-0.2, 0) is 0 Å². The molecule has 0 radical (unpaired) electrons. The molecule has 0 amide bonds. The minimum atomic E-state index is -0.220. The van der Waals surface area contributed by atoms with Gasteiger partial charge in [-0.1, -0.05) is 30.3 Å². The standard InChI is InChI=1S/C13H9N3O/c17-13-11(9-5-2-1-3-6-9)15-10-7-4-8-14-12(10)16-13/h1-8H,(H,14,16,17). The molecule has 0 unspecified atom stereocenters. The summed E-state index contributed by atoms with van der Waals surface area (Å²) in [7, 11) is 0. The van der Waals surface area contributed by atoms with Gasteiger partial charge in [0, 0.05) is 11.8 Å². The highest BCUT2D eigenvalue weighted by molar-refractivity contribution is 5.73. The molecular weight excluding hydrogens is 214 g/mol. The molecule has 0 fully saturated rings. The van der Waals surface area contributed by atoms with Crippen LogP contribution in [0.3, 0.4) is 0 Å². The number of pyridine rings is 1. The predicted octanol–water partition coefficient (Wildman–Crippen LogP) is 1.99. The van der Waals surface area contributed by atoms with Crippen molar-refractivity contribution in [2.75, 3.05) is 0 Å². The first-order chi connectivity index (χ1) is 8.34. The second kappa shape index (κ2) is 3.83. The first kappa shape index (κ1) is 9.72. The SMILES string of the molecule is O=c1[nH]c2ncccc2nc1-c1ccccc1. The lowest BCUT2D eigenvalue weighted by Crippen LogP contribution is -2.11. The fourth-order valence-electron chi connectivity index (χ4n) is 1.71. The van der Waals surface area contributed by atoms with Crippen LogP contribution in [0.1, 0.15) is 0 Å². The van der Waals surface area contributed by atoms with Gasteiger partial charge in [-0.2, -0.15) is 0 Å². The predicted molar refractivity (Wildman–Crippen MR) is 65.6 cm³/mol. The van der Waals surface area contributed by atoms with Gasteiger partial charge in [0.25, 0.3) is 5.56 Å². The van der Waals surface area contributed by atoms with Gasteiger partial charge in [-0.15, -0.1) is 0 Å². The maximum atomic E-state index is 11.9. The normalized spacial score (nSPS) is 10.6. The van der Waals surface area contributed by atoms with E-state index in [1.54, 1.807) is 12.3 Å². The van der Waals surface area contributed by atoms with Crippen LogP contribution in [0.4, 0.5) is 0 Å². The van der Waals surface area contributed by atoms with E-state index in [2.05, 4.69) is 15.0 Å². The number of aromatic amines is 1. The summed E-state index contributed by atoms with van der Waals surface area (Å²) in [5, 5.41) is 0. The molecule has 0 aliphatic carbocycles. The van der Waals surface area contributed by atoms with Crippen LogP contribution < -0.4 is 5.56 Å². The largest absolute Gasteiger partial charge is 0.303 e. The highest BCUT2D eigenvalue weighted by atomic mass is 16.1. The van der Waals surface area contributed by atoms with Gasteiger partial charge < -0.3 is 4.98 Å². The molecule has 17 heavy (non-hydrogen) atoms. The lowest BCUT2D eigenvalue weighted by atomic mass is 10.1. The van der Waals surface area contributed by atoms with Crippen molar-refractivity contribution in [3.63, 3.8) is 0 Å². The second-order valence-electron chi connectivity index (χ2n) is 3.65. The van der Waals surface area contributed by atoms with E-state index in [1.165, 1.54) is 0 Å². The third-order valence-electron chi connectivity index (χ3n) is 2.51. The molecule has 3 rings (SSSR count). The van der Waals surface area contributed by atoms with Crippen LogP contribution >= 0.6 is 0 Å². The molecule has 4 heteroatoms. The fourth-order valence-corrected chi connectivity index (χ4v) is 1.71. The summed E-state index contributed by atoms with van der Waals surface area (Å²) in [6.07, 6.45) is 1.63. The molecule has 0 saturated carbocycles. The summed E-state index contributed by atoms with van der Waals surface area (Å²) in [4.78, 5) is 23.0. The van der Waals surface area contributed by atoms with E-state index in [4.69, 9.17) is 0 Å². The first-order valence-corrected chi connectivity index (χ1v) is 5.25. The molecule has 0 bridgehead atoms. The summed E-state index contributed by atoms with van der Waals surface area (Å²) < 4.78 is 0. The van der Waals surface area contributed by atoms with E-state index < -0.39 is 0 Å². The average molecular weight is 223 g/mol. The third-order valence-corrected chi connectivity index (χ3v) is 2.51. The number of rotatable bonds is 1. The lowest BCUT2D eigenvalue weighted by molar-refractivity contribution is 1.17. The van der Waals surface area contributed by atoms with Gasteiger partial charge in [0.2, 0.25) is 0 Å². The summed E-state index contributed by atoms with van der Waals surface area (Å²) in [6, 6.07) is 13.0. The Balaban J connectivity index is 2.31. The first-order valence-electron chi connectivity index (χ1n) is 5.25. The van der Waals surface area contributed by atoms with Crippen molar-refractivity contribution in [1.82, 2.24) is 15.0 Å². The summed E-state index contributed by atoms with van der Waals surface area (Å²) >= 11 is 0. The Morgan fingerprint density at radius 3 is 2.65 bits per heavy atom. The zero-order valence-corrected chi connectivity index (χ0v) is 8.92. The maximum absolute atomic E-state index is 11.9. The Morgan fingerprint density at radius 1 is 1.00 bits per heavy atom. The van der Waals surface area contributed by atoms with Crippen molar-refractivity contribution >= 4 is 11.2 Å². The van der Waals surface area contributed by atoms with Crippen LogP contribution in [0.25, 0.3) is 22.4 Å². The maximum Gasteiger partial charge on any atom is 0.276 e. The van der Waals surface area contributed by atoms with Gasteiger partial charge in [0.05, 0.1) is 0 Å². The molecule has 4 nitrogen and oxygen atoms in total. The Kier molecular flexibility index (Phi) is 2.19. The van der Waals surface area contributed by atoms with Crippen molar-refractivity contribution in [1.29, 1.82) is 0 Å². The Hall–Kier alpha value is -2.49. The molecule has 0 spiro atoms. The minimum Gasteiger partial charge on any atom is -0.303 e. The second-order valence-corrected chi connectivity index (χ2v) is 3.65. The summed E-state index contributed by atoms with van der Waals surface area (Å²) in [6.45, 7) is 0. The molecule has 1 N–H and O–H groups in total. The highest BCUT2D eigenvalue weighted by Gasteiger charge is 2.06. The van der Waals surface area contributed by atoms with E-state index in [0.717, 1.165) is 5.56 Å². The summed E-state index contributed by atoms with van der Waals surface area (Å²) in [5.74, 6) is 0. The van der Waals surface area contributed by atoms with Gasteiger partial charge in [0.15, 0.2) is 5.65 Å². The number of hydrogen-bond donors (Lipinski definition) is 1. The molecule has 2 heterocycles. The monoisotopic (exact) mass is 223 g/mol. The number of nitrogens with one attached hydrogen (secondary N) is 1. The molecule has 0 saturated heterocycles. The van der Waals surface area contributed by atoms with Gasteiger partial charge in [-0.3, -0.25) is 4.79 Å². The Bertz CT molecular complexity index is 719. The molecule has 0 aliphatic heterocycles. The van der Waals surface area contributed by atoms with Crippen molar-refractivity contribution < 1.29 is 0 Å². The number of benzene rings is 1. The number of fused-ring (bicyclic) bond motifs is 1.